The first-order chi connectivity index (χ1) is 10.1. The number of methoxy groups -OCH3 is 1. The van der Waals surface area contributed by atoms with E-state index in [1.54, 1.807) is 19.2 Å². The zero-order valence-electron chi connectivity index (χ0n) is 12.5. The number of pyridine rings is 1. The van der Waals surface area contributed by atoms with Crippen LogP contribution in [0.4, 0.5) is 4.39 Å². The first-order valence-electron chi connectivity index (χ1n) is 6.87. The van der Waals surface area contributed by atoms with Crippen LogP contribution >= 0.6 is 11.6 Å². The zero-order valence-corrected chi connectivity index (χ0v) is 13.2. The summed E-state index contributed by atoms with van der Waals surface area (Å²) in [5, 5.41) is 0. The van der Waals surface area contributed by atoms with Crippen molar-refractivity contribution in [1.82, 2.24) is 4.98 Å². The van der Waals surface area contributed by atoms with E-state index < -0.39 is 0 Å². The van der Waals surface area contributed by atoms with Gasteiger partial charge in [-0.05, 0) is 38.0 Å². The summed E-state index contributed by atoms with van der Waals surface area (Å²) in [5.74, 6) is 1.19. The molecule has 2 rings (SSSR count). The molecular formula is C17H19ClFNO. The lowest BCUT2D eigenvalue weighted by atomic mass is 9.94. The molecule has 0 aliphatic heterocycles. The molecule has 4 heteroatoms. The predicted molar refractivity (Wildman–Crippen MR) is 83.8 cm³/mol. The Balaban J connectivity index is 2.29. The number of nitrogens with zero attached hydrogens (tertiary/aromatic N) is 1. The van der Waals surface area contributed by atoms with Crippen molar-refractivity contribution in [2.24, 2.45) is 0 Å². The van der Waals surface area contributed by atoms with Gasteiger partial charge < -0.3 is 4.74 Å². The van der Waals surface area contributed by atoms with Crippen molar-refractivity contribution in [2.75, 3.05) is 13.0 Å². The number of hydrogen-bond donors (Lipinski definition) is 0. The van der Waals surface area contributed by atoms with Crippen LogP contribution in [0.1, 0.15) is 28.3 Å². The number of benzene rings is 1. The van der Waals surface area contributed by atoms with Gasteiger partial charge in [-0.2, -0.15) is 0 Å². The van der Waals surface area contributed by atoms with E-state index in [4.69, 9.17) is 16.3 Å². The van der Waals surface area contributed by atoms with Gasteiger partial charge in [0.2, 0.25) is 0 Å². The topological polar surface area (TPSA) is 22.1 Å². The minimum absolute atomic E-state index is 0.103. The van der Waals surface area contributed by atoms with Gasteiger partial charge in [-0.1, -0.05) is 12.1 Å². The molecule has 2 nitrogen and oxygen atoms in total. The highest BCUT2D eigenvalue weighted by Gasteiger charge is 2.16. The van der Waals surface area contributed by atoms with Crippen LogP contribution in [0.3, 0.4) is 0 Å². The summed E-state index contributed by atoms with van der Waals surface area (Å²) in [6.45, 7) is 3.98. The number of halogens is 2. The Hall–Kier alpha value is -1.61. The molecule has 21 heavy (non-hydrogen) atoms. The molecule has 1 aromatic carbocycles. The standard InChI is InChI=1S/C17H19ClFNO/c1-11-10-20-16(12(2)17(11)21-3)8-14(9-18)13-4-6-15(19)7-5-13/h4-7,10,14H,8-9H2,1-3H3. The van der Waals surface area contributed by atoms with Crippen molar-refractivity contribution in [2.45, 2.75) is 26.2 Å². The van der Waals surface area contributed by atoms with Crippen molar-refractivity contribution >= 4 is 11.6 Å². The number of alkyl halides is 1. The van der Waals surface area contributed by atoms with Crippen LogP contribution < -0.4 is 4.74 Å². The molecule has 2 aromatic rings. The molecule has 0 saturated carbocycles. The van der Waals surface area contributed by atoms with Gasteiger partial charge in [0.25, 0.3) is 0 Å². The second kappa shape index (κ2) is 6.90. The van der Waals surface area contributed by atoms with Crippen molar-refractivity contribution in [3.05, 3.63) is 58.7 Å². The molecule has 0 saturated heterocycles. The number of hydrogen-bond acceptors (Lipinski definition) is 2. The van der Waals surface area contributed by atoms with Gasteiger partial charge >= 0.3 is 0 Å². The van der Waals surface area contributed by atoms with Gasteiger partial charge in [-0.15, -0.1) is 11.6 Å². The predicted octanol–water partition coefficient (Wildman–Crippen LogP) is 4.41. The Morgan fingerprint density at radius 1 is 1.24 bits per heavy atom. The van der Waals surface area contributed by atoms with Crippen LogP contribution in [-0.2, 0) is 6.42 Å². The number of ether oxygens (including phenoxy) is 1. The Morgan fingerprint density at radius 3 is 2.48 bits per heavy atom. The maximum atomic E-state index is 13.0. The quantitative estimate of drug-likeness (QED) is 0.763. The van der Waals surface area contributed by atoms with E-state index in [1.807, 2.05) is 20.0 Å². The maximum Gasteiger partial charge on any atom is 0.128 e. The molecule has 1 heterocycles. The lowest BCUT2D eigenvalue weighted by molar-refractivity contribution is 0.406. The fourth-order valence-corrected chi connectivity index (χ4v) is 2.79. The smallest absolute Gasteiger partial charge is 0.128 e. The summed E-state index contributed by atoms with van der Waals surface area (Å²) in [4.78, 5) is 4.50. The van der Waals surface area contributed by atoms with Crippen molar-refractivity contribution in [3.8, 4) is 5.75 Å². The third-order valence-corrected chi connectivity index (χ3v) is 4.09. The average molecular weight is 308 g/mol. The molecule has 112 valence electrons. The van der Waals surface area contributed by atoms with Gasteiger partial charge in [0.15, 0.2) is 0 Å². The number of rotatable bonds is 5. The highest BCUT2D eigenvalue weighted by molar-refractivity contribution is 6.18. The molecule has 0 amide bonds. The van der Waals surface area contributed by atoms with Gasteiger partial charge in [-0.25, -0.2) is 4.39 Å². The lowest BCUT2D eigenvalue weighted by Gasteiger charge is -2.17. The lowest BCUT2D eigenvalue weighted by Crippen LogP contribution is -2.09. The first kappa shape index (κ1) is 15.8. The molecule has 0 N–H and O–H groups in total. The second-order valence-electron chi connectivity index (χ2n) is 5.15. The van der Waals surface area contributed by atoms with E-state index in [9.17, 15) is 4.39 Å². The van der Waals surface area contributed by atoms with E-state index in [0.717, 1.165) is 28.1 Å². The molecule has 0 bridgehead atoms. The largest absolute Gasteiger partial charge is 0.496 e. The molecular weight excluding hydrogens is 289 g/mol. The normalized spacial score (nSPS) is 12.2. The van der Waals surface area contributed by atoms with Gasteiger partial charge in [-0.3, -0.25) is 4.98 Å². The van der Waals surface area contributed by atoms with Crippen LogP contribution in [-0.4, -0.2) is 18.0 Å². The number of aryl methyl sites for hydroxylation is 1. The zero-order chi connectivity index (χ0) is 15.4. The SMILES string of the molecule is COc1c(C)cnc(CC(CCl)c2ccc(F)cc2)c1C. The fraction of sp³-hybridized carbons (Fsp3) is 0.353. The third kappa shape index (κ3) is 3.53. The Labute approximate surface area is 129 Å². The van der Waals surface area contributed by atoms with Gasteiger partial charge in [0, 0.05) is 34.8 Å². The van der Waals surface area contributed by atoms with Gasteiger partial charge in [0.05, 0.1) is 7.11 Å². The summed E-state index contributed by atoms with van der Waals surface area (Å²) < 4.78 is 18.5. The molecule has 0 aliphatic rings. The molecule has 0 radical (unpaired) electrons. The molecule has 1 unspecified atom stereocenters. The average Bonchev–Trinajstić information content (AvgIpc) is 2.48. The van der Waals surface area contributed by atoms with Crippen molar-refractivity contribution in [1.29, 1.82) is 0 Å². The molecule has 0 aliphatic carbocycles. The minimum Gasteiger partial charge on any atom is -0.496 e. The highest BCUT2D eigenvalue weighted by Crippen LogP contribution is 2.28. The summed E-state index contributed by atoms with van der Waals surface area (Å²) in [7, 11) is 1.66. The van der Waals surface area contributed by atoms with E-state index in [1.165, 1.54) is 12.1 Å². The van der Waals surface area contributed by atoms with Gasteiger partial charge in [0.1, 0.15) is 11.6 Å². The Kier molecular flexibility index (Phi) is 5.18. The van der Waals surface area contributed by atoms with E-state index in [2.05, 4.69) is 4.98 Å². The molecule has 1 aromatic heterocycles. The highest BCUT2D eigenvalue weighted by atomic mass is 35.5. The summed E-state index contributed by atoms with van der Waals surface area (Å²) in [6, 6.07) is 6.49. The molecule has 0 fully saturated rings. The van der Waals surface area contributed by atoms with E-state index >= 15 is 0 Å². The van der Waals surface area contributed by atoms with Crippen molar-refractivity contribution < 1.29 is 9.13 Å². The summed E-state index contributed by atoms with van der Waals surface area (Å²) in [5.41, 5.74) is 4.04. The van der Waals surface area contributed by atoms with E-state index in [0.29, 0.717) is 12.3 Å². The van der Waals surface area contributed by atoms with E-state index in [-0.39, 0.29) is 11.7 Å². The second-order valence-corrected chi connectivity index (χ2v) is 5.46. The van der Waals surface area contributed by atoms with Crippen LogP contribution in [0, 0.1) is 19.7 Å². The van der Waals surface area contributed by atoms with Crippen LogP contribution in [0.5, 0.6) is 5.75 Å². The monoisotopic (exact) mass is 307 g/mol. The third-order valence-electron chi connectivity index (χ3n) is 3.72. The molecule has 1 atom stereocenters. The fourth-order valence-electron chi connectivity index (χ4n) is 2.51. The van der Waals surface area contributed by atoms with Crippen molar-refractivity contribution in [3.63, 3.8) is 0 Å². The van der Waals surface area contributed by atoms with Crippen LogP contribution in [0.15, 0.2) is 30.5 Å². The Bertz CT molecular complexity index is 613. The van der Waals surface area contributed by atoms with Crippen LogP contribution in [0.2, 0.25) is 0 Å². The first-order valence-corrected chi connectivity index (χ1v) is 7.40. The number of aromatic nitrogens is 1. The summed E-state index contributed by atoms with van der Waals surface area (Å²) in [6.07, 6.45) is 2.52. The Morgan fingerprint density at radius 2 is 1.90 bits per heavy atom. The maximum absolute atomic E-state index is 13.0. The summed E-state index contributed by atoms with van der Waals surface area (Å²) >= 11 is 6.10. The van der Waals surface area contributed by atoms with Crippen LogP contribution in [0.25, 0.3) is 0 Å². The molecule has 0 spiro atoms. The minimum atomic E-state index is -0.238.